The number of para-hydroxylation sites is 1. The number of fused-ring (bicyclic) bond motifs is 2. The lowest BCUT2D eigenvalue weighted by Gasteiger charge is -2.37. The second kappa shape index (κ2) is 6.58. The molecule has 0 saturated carbocycles. The number of anilines is 2. The highest BCUT2D eigenvalue weighted by Crippen LogP contribution is 2.52. The molecule has 2 aromatic rings. The number of hydrogen-bond acceptors (Lipinski definition) is 3. The minimum Gasteiger partial charge on any atom is -0.410 e. The fourth-order valence-electron chi connectivity index (χ4n) is 3.13. The Balaban J connectivity index is 2.11. The Morgan fingerprint density at radius 1 is 1.00 bits per heavy atom. The lowest BCUT2D eigenvalue weighted by molar-refractivity contribution is 0.0843. The summed E-state index contributed by atoms with van der Waals surface area (Å²) in [6.07, 6.45) is 0.113. The van der Waals surface area contributed by atoms with E-state index in [-0.39, 0.29) is 11.5 Å². The summed E-state index contributed by atoms with van der Waals surface area (Å²) in [4.78, 5) is 4.95. The first kappa shape index (κ1) is 17.6. The molecule has 0 aliphatic carbocycles. The molecular formula is C20H26NOSSi. The van der Waals surface area contributed by atoms with Gasteiger partial charge in [-0.25, -0.2) is 0 Å². The van der Waals surface area contributed by atoms with E-state index in [1.54, 1.807) is 0 Å². The van der Waals surface area contributed by atoms with Crippen LogP contribution in [0.3, 0.4) is 0 Å². The second-order valence-corrected chi connectivity index (χ2v) is 10.7. The van der Waals surface area contributed by atoms with Crippen molar-refractivity contribution in [3.8, 4) is 0 Å². The number of rotatable bonds is 3. The van der Waals surface area contributed by atoms with Crippen molar-refractivity contribution in [1.82, 2.24) is 0 Å². The van der Waals surface area contributed by atoms with Crippen molar-refractivity contribution in [2.45, 2.75) is 49.8 Å². The molecule has 0 aromatic heterocycles. The van der Waals surface area contributed by atoms with Gasteiger partial charge >= 0.3 is 0 Å². The molecule has 0 N–H and O–H groups in total. The molecule has 1 unspecified atom stereocenters. The molecular weight excluding hydrogens is 330 g/mol. The standard InChI is InChI=1S/C20H26NOSSi/c1-20(2,3)19(22-24(5)6)14-10-9-12-16-18(14)23-17-13-8-7-11-15(17)21(16)4/h7-13,19H,1-6H3. The van der Waals surface area contributed by atoms with Gasteiger partial charge in [-0.2, -0.15) is 0 Å². The topological polar surface area (TPSA) is 12.5 Å². The van der Waals surface area contributed by atoms with Crippen LogP contribution >= 0.6 is 11.8 Å². The third-order valence-corrected chi connectivity index (χ3v) is 6.17. The van der Waals surface area contributed by atoms with Crippen LogP contribution in [0.1, 0.15) is 32.4 Å². The Labute approximate surface area is 151 Å². The zero-order valence-electron chi connectivity index (χ0n) is 15.4. The normalized spacial score (nSPS) is 15.2. The van der Waals surface area contributed by atoms with Gasteiger partial charge in [0.15, 0.2) is 0 Å². The molecule has 0 fully saturated rings. The first-order valence-corrected chi connectivity index (χ1v) is 11.6. The summed E-state index contributed by atoms with van der Waals surface area (Å²) in [5, 5.41) is 0. The van der Waals surface area contributed by atoms with Gasteiger partial charge in [0.1, 0.15) is 0 Å². The highest BCUT2D eigenvalue weighted by Gasteiger charge is 2.33. The minimum absolute atomic E-state index is 0.0627. The Morgan fingerprint density at radius 2 is 1.67 bits per heavy atom. The quantitative estimate of drug-likeness (QED) is 0.601. The molecule has 1 radical (unpaired) electrons. The van der Waals surface area contributed by atoms with Crippen LogP contribution < -0.4 is 4.90 Å². The highest BCUT2D eigenvalue weighted by molar-refractivity contribution is 7.99. The molecule has 24 heavy (non-hydrogen) atoms. The molecule has 2 aromatic carbocycles. The first-order valence-electron chi connectivity index (χ1n) is 8.39. The summed E-state index contributed by atoms with van der Waals surface area (Å²) in [6, 6.07) is 15.2. The SMILES string of the molecule is CN1c2ccccc2Sc2c(C(O[Si](C)C)C(C)(C)C)cccc21. The van der Waals surface area contributed by atoms with Gasteiger partial charge in [-0.15, -0.1) is 0 Å². The van der Waals surface area contributed by atoms with Crippen LogP contribution in [0.5, 0.6) is 0 Å². The van der Waals surface area contributed by atoms with Crippen molar-refractivity contribution < 1.29 is 4.43 Å². The third kappa shape index (κ3) is 3.28. The first-order chi connectivity index (χ1) is 11.3. The van der Waals surface area contributed by atoms with E-state index in [9.17, 15) is 0 Å². The van der Waals surface area contributed by atoms with Crippen LogP contribution in [-0.2, 0) is 4.43 Å². The molecule has 0 bridgehead atoms. The van der Waals surface area contributed by atoms with Gasteiger partial charge in [-0.05, 0) is 42.3 Å². The van der Waals surface area contributed by atoms with Crippen LogP contribution in [-0.4, -0.2) is 16.1 Å². The summed E-state index contributed by atoms with van der Waals surface area (Å²) in [5.74, 6) is 0. The van der Waals surface area contributed by atoms with E-state index >= 15 is 0 Å². The molecule has 0 saturated heterocycles. The predicted octanol–water partition coefficient (Wildman–Crippen LogP) is 6.27. The molecule has 0 spiro atoms. The van der Waals surface area contributed by atoms with Crippen LogP contribution in [0.25, 0.3) is 0 Å². The van der Waals surface area contributed by atoms with E-state index in [2.05, 4.69) is 88.3 Å². The van der Waals surface area contributed by atoms with E-state index in [1.165, 1.54) is 26.7 Å². The number of nitrogens with zero attached hydrogens (tertiary/aromatic N) is 1. The van der Waals surface area contributed by atoms with Gasteiger partial charge in [0, 0.05) is 16.8 Å². The van der Waals surface area contributed by atoms with Crippen LogP contribution in [0.4, 0.5) is 11.4 Å². The van der Waals surface area contributed by atoms with Gasteiger partial charge < -0.3 is 9.33 Å². The molecule has 1 aliphatic rings. The largest absolute Gasteiger partial charge is 0.410 e. The summed E-state index contributed by atoms with van der Waals surface area (Å²) in [5.41, 5.74) is 3.93. The van der Waals surface area contributed by atoms with E-state index in [0.29, 0.717) is 0 Å². The maximum Gasteiger partial charge on any atom is 0.205 e. The Bertz CT molecular complexity index is 739. The zero-order valence-corrected chi connectivity index (χ0v) is 17.2. The molecule has 2 nitrogen and oxygen atoms in total. The van der Waals surface area contributed by atoms with E-state index in [0.717, 1.165) is 0 Å². The molecule has 1 heterocycles. The lowest BCUT2D eigenvalue weighted by Crippen LogP contribution is -2.27. The lowest BCUT2D eigenvalue weighted by atomic mass is 9.84. The maximum absolute atomic E-state index is 6.46. The summed E-state index contributed by atoms with van der Waals surface area (Å²) >= 11 is 1.87. The third-order valence-electron chi connectivity index (χ3n) is 4.25. The maximum atomic E-state index is 6.46. The predicted molar refractivity (Wildman–Crippen MR) is 106 cm³/mol. The summed E-state index contributed by atoms with van der Waals surface area (Å²) in [7, 11) is 1.37. The van der Waals surface area contributed by atoms with Crippen LogP contribution in [0.2, 0.25) is 13.1 Å². The van der Waals surface area contributed by atoms with Crippen molar-refractivity contribution in [2.75, 3.05) is 11.9 Å². The van der Waals surface area contributed by atoms with Gasteiger partial charge in [0.2, 0.25) is 9.04 Å². The van der Waals surface area contributed by atoms with Crippen molar-refractivity contribution in [3.05, 3.63) is 48.0 Å². The smallest absolute Gasteiger partial charge is 0.205 e. The minimum atomic E-state index is -0.785. The monoisotopic (exact) mass is 356 g/mol. The molecule has 1 atom stereocenters. The molecule has 1 aliphatic heterocycles. The summed E-state index contributed by atoms with van der Waals surface area (Å²) < 4.78 is 6.46. The highest BCUT2D eigenvalue weighted by atomic mass is 32.2. The Kier molecular flexibility index (Phi) is 4.82. The van der Waals surface area contributed by atoms with Crippen LogP contribution in [0.15, 0.2) is 52.3 Å². The molecule has 3 rings (SSSR count). The number of benzene rings is 2. The van der Waals surface area contributed by atoms with E-state index in [4.69, 9.17) is 4.43 Å². The summed E-state index contributed by atoms with van der Waals surface area (Å²) in [6.45, 7) is 11.2. The average molecular weight is 357 g/mol. The molecule has 127 valence electrons. The Hall–Kier alpha value is -1.23. The van der Waals surface area contributed by atoms with Crippen molar-refractivity contribution >= 4 is 32.2 Å². The van der Waals surface area contributed by atoms with Gasteiger partial charge in [0.05, 0.1) is 17.5 Å². The van der Waals surface area contributed by atoms with Crippen LogP contribution in [0, 0.1) is 5.41 Å². The molecule has 4 heteroatoms. The van der Waals surface area contributed by atoms with Gasteiger partial charge in [-0.1, -0.05) is 56.8 Å². The van der Waals surface area contributed by atoms with Gasteiger partial charge in [0.25, 0.3) is 0 Å². The average Bonchev–Trinajstić information content (AvgIpc) is 2.51. The van der Waals surface area contributed by atoms with E-state index < -0.39 is 9.04 Å². The number of hydrogen-bond donors (Lipinski definition) is 0. The van der Waals surface area contributed by atoms with Crippen molar-refractivity contribution in [1.29, 1.82) is 0 Å². The molecule has 0 amide bonds. The van der Waals surface area contributed by atoms with E-state index in [1.807, 2.05) is 11.8 Å². The van der Waals surface area contributed by atoms with Crippen molar-refractivity contribution in [3.63, 3.8) is 0 Å². The fraction of sp³-hybridized carbons (Fsp3) is 0.400. The fourth-order valence-corrected chi connectivity index (χ4v) is 5.36. The van der Waals surface area contributed by atoms with Crippen molar-refractivity contribution in [2.24, 2.45) is 5.41 Å². The van der Waals surface area contributed by atoms with Gasteiger partial charge in [-0.3, -0.25) is 0 Å². The Morgan fingerprint density at radius 3 is 2.33 bits per heavy atom. The second-order valence-electron chi connectivity index (χ2n) is 7.60. The zero-order chi connectivity index (χ0) is 17.5.